The van der Waals surface area contributed by atoms with Crippen molar-refractivity contribution in [1.29, 1.82) is 0 Å². The molecule has 604 valence electrons. The maximum absolute atomic E-state index is 8.00. The minimum atomic E-state index is -1.92. The van der Waals surface area contributed by atoms with Crippen molar-refractivity contribution in [3.05, 3.63) is 0 Å². The van der Waals surface area contributed by atoms with Gasteiger partial charge >= 0.3 is 0 Å². The lowest BCUT2D eigenvalue weighted by Crippen LogP contribution is -2.41. The molecule has 0 aromatic rings. The lowest BCUT2D eigenvalue weighted by atomic mass is 10.0. The molecule has 0 saturated carbocycles. The number of thiol groups is 1. The zero-order valence-electron chi connectivity index (χ0n) is 66.7. The van der Waals surface area contributed by atoms with Crippen LogP contribution in [0.5, 0.6) is 0 Å². The second kappa shape index (κ2) is 111. The maximum Gasteiger partial charge on any atom is 0.215 e. The maximum atomic E-state index is 8.00. The number of hydrogen-bond acceptors (Lipinski definition) is 19. The van der Waals surface area contributed by atoms with Gasteiger partial charge in [-0.3, -0.25) is 0 Å². The Morgan fingerprint density at radius 1 is 0.210 bits per heavy atom. The molecule has 0 rings (SSSR count). The average molecular weight is 1490 g/mol. The predicted molar refractivity (Wildman–Crippen MR) is 426 cm³/mol. The molecular weight excluding hydrogens is 1330 g/mol. The van der Waals surface area contributed by atoms with Gasteiger partial charge in [0.2, 0.25) is 8.32 Å². The summed E-state index contributed by atoms with van der Waals surface area (Å²) in [5.74, 6) is 0.893. The van der Waals surface area contributed by atoms with Crippen molar-refractivity contribution >= 4 is 63.2 Å². The quantitative estimate of drug-likeness (QED) is 0.0341. The minimum absolute atomic E-state index is 0.563. The number of hydrogen-bond donors (Lipinski definition) is 1. The van der Waals surface area contributed by atoms with Crippen LogP contribution in [0.4, 0.5) is 0 Å². The lowest BCUT2D eigenvalue weighted by Gasteiger charge is -2.27. The molecule has 0 fully saturated rings. The molecule has 0 amide bonds. The van der Waals surface area contributed by atoms with Crippen LogP contribution in [-0.4, -0.2) is 215 Å². The highest BCUT2D eigenvalue weighted by molar-refractivity contribution is 7.80. The number of ether oxygens (including phenoxy) is 11. The molecule has 18 nitrogen and oxygen atoms in total. The molecule has 0 heterocycles. The number of carbonyl (C=O) groups excluding carboxylic acids is 5. The zero-order valence-corrected chi connectivity index (χ0v) is 69.6. The van der Waals surface area contributed by atoms with Crippen LogP contribution in [0.3, 0.4) is 0 Å². The summed E-state index contributed by atoms with van der Waals surface area (Å²) in [6.07, 6.45) is 55.1. The summed E-state index contributed by atoms with van der Waals surface area (Å²) in [6.45, 7) is 40.6. The van der Waals surface area contributed by atoms with Gasteiger partial charge in [0.25, 0.3) is 0 Å². The summed E-state index contributed by atoms with van der Waals surface area (Å²) in [5.41, 5.74) is 0. The topological polar surface area (TPSA) is 205 Å². The number of carbonyl (C=O) groups is 5. The van der Waals surface area contributed by atoms with Gasteiger partial charge in [-0.05, 0) is 63.2 Å². The standard InChI is InChI=1S/C45H94O7SSi.C29H62O6Si.5CH2O/c1-4-6-8-10-12-14-16-17-18-19-21-23-25-27-29-32-51-45-54(3,44-30-43-53)52-42-41-50-40-39-49-38-37-48-36-35-47-34-33-46-31-28-26-24-22-20-15-13-11-9-7-5-2;1-5-7-9-10-11-12-13-14-15-16-17-18-30-19-20-31-21-22-32-23-24-33-25-26-34-27-28-35-36(3,4)29-8-6-2;5*1-2/h53H,4-45H2,1-3H3;5-29H2,1-4H3;5*1H2. The average Bonchev–Trinajstić information content (AvgIpc) is 0.926. The van der Waals surface area contributed by atoms with Gasteiger partial charge in [-0.2, -0.15) is 12.6 Å². The first-order valence-corrected chi connectivity index (χ1v) is 46.6. The van der Waals surface area contributed by atoms with E-state index in [0.29, 0.717) is 132 Å². The molecule has 0 aliphatic carbocycles. The van der Waals surface area contributed by atoms with E-state index in [4.69, 9.17) is 84.9 Å². The highest BCUT2D eigenvalue weighted by Gasteiger charge is 2.29. The van der Waals surface area contributed by atoms with Gasteiger partial charge in [0.15, 0.2) is 8.32 Å². The Kier molecular flexibility index (Phi) is 124. The van der Waals surface area contributed by atoms with E-state index in [2.05, 4.69) is 60.0 Å². The molecule has 0 bridgehead atoms. The fourth-order valence-corrected chi connectivity index (χ4v) is 15.5. The van der Waals surface area contributed by atoms with Gasteiger partial charge in [0.1, 0.15) is 33.9 Å². The van der Waals surface area contributed by atoms with Crippen LogP contribution in [0.15, 0.2) is 0 Å². The van der Waals surface area contributed by atoms with Gasteiger partial charge in [-0.1, -0.05) is 259 Å². The van der Waals surface area contributed by atoms with Crippen LogP contribution in [0, 0.1) is 0 Å². The molecule has 100 heavy (non-hydrogen) atoms. The molecule has 0 spiro atoms. The molecule has 0 aliphatic rings. The molecule has 0 aromatic carbocycles. The van der Waals surface area contributed by atoms with Crippen molar-refractivity contribution in [3.63, 3.8) is 0 Å². The molecule has 0 aromatic heterocycles. The molecule has 21 heteroatoms. The summed E-state index contributed by atoms with van der Waals surface area (Å²) >= 11 is 4.44. The third-order valence-electron chi connectivity index (χ3n) is 16.5. The minimum Gasteiger partial charge on any atom is -0.415 e. The largest absolute Gasteiger partial charge is 0.415 e. The first kappa shape index (κ1) is 112. The molecule has 1 unspecified atom stereocenters. The smallest absolute Gasteiger partial charge is 0.215 e. The van der Waals surface area contributed by atoms with Gasteiger partial charge in [0.05, 0.1) is 138 Å². The van der Waals surface area contributed by atoms with Crippen LogP contribution in [0.25, 0.3) is 0 Å². The van der Waals surface area contributed by atoms with Gasteiger partial charge in [-0.25, -0.2) is 0 Å². The van der Waals surface area contributed by atoms with Crippen molar-refractivity contribution in [3.8, 4) is 0 Å². The van der Waals surface area contributed by atoms with E-state index in [1.54, 1.807) is 0 Å². The van der Waals surface area contributed by atoms with E-state index in [9.17, 15) is 0 Å². The van der Waals surface area contributed by atoms with E-state index in [1.165, 1.54) is 237 Å². The first-order valence-electron chi connectivity index (χ1n) is 40.0. The highest BCUT2D eigenvalue weighted by atomic mass is 32.1. The number of rotatable bonds is 80. The van der Waals surface area contributed by atoms with Gasteiger partial charge in [-0.15, -0.1) is 0 Å². The number of unbranched alkanes of at least 4 members (excludes halogenated alkanes) is 35. The van der Waals surface area contributed by atoms with Crippen LogP contribution in [0.1, 0.15) is 285 Å². The second-order valence-electron chi connectivity index (χ2n) is 26.0. The van der Waals surface area contributed by atoms with Crippen molar-refractivity contribution in [1.82, 2.24) is 0 Å². The Balaban J connectivity index is -0.000000326. The Hall–Kier alpha value is -1.39. The van der Waals surface area contributed by atoms with Crippen molar-refractivity contribution in [2.75, 3.05) is 164 Å². The Bertz CT molecular complexity index is 1350. The third kappa shape index (κ3) is 112. The molecular formula is C79H166O18SSi2. The second-order valence-corrected chi connectivity index (χ2v) is 34.8. The monoisotopic (exact) mass is 1490 g/mol. The van der Waals surface area contributed by atoms with Crippen molar-refractivity contribution in [2.45, 2.75) is 316 Å². The summed E-state index contributed by atoms with van der Waals surface area (Å²) in [4.78, 5) is 40.0. The molecule has 0 radical (unpaired) electrons. The van der Waals surface area contributed by atoms with Gasteiger partial charge in [0, 0.05) is 19.8 Å². The summed E-state index contributed by atoms with van der Waals surface area (Å²) in [5, 5.41) is 0. The summed E-state index contributed by atoms with van der Waals surface area (Å²) in [6, 6.07) is 2.31. The Labute approximate surface area is 625 Å². The summed E-state index contributed by atoms with van der Waals surface area (Å²) < 4.78 is 74.7. The lowest BCUT2D eigenvalue weighted by molar-refractivity contribution is -0.0987. The van der Waals surface area contributed by atoms with Crippen LogP contribution in [0.2, 0.25) is 31.7 Å². The van der Waals surface area contributed by atoms with Crippen LogP contribution in [-0.2, 0) is 84.9 Å². The molecule has 0 N–H and O–H groups in total. The normalized spacial score (nSPS) is 11.5. The van der Waals surface area contributed by atoms with Crippen LogP contribution < -0.4 is 0 Å². The zero-order chi connectivity index (χ0) is 75.6. The predicted octanol–water partition coefficient (Wildman–Crippen LogP) is 19.2. The van der Waals surface area contributed by atoms with E-state index < -0.39 is 16.6 Å². The summed E-state index contributed by atoms with van der Waals surface area (Å²) in [7, 11) is -3.41. The Morgan fingerprint density at radius 2 is 0.400 bits per heavy atom. The molecule has 0 saturated heterocycles. The third-order valence-corrected chi connectivity index (χ3v) is 22.4. The SMILES string of the molecule is C=O.C=O.C=O.C=O.C=O.CCCCCCCCCCCCCCCCCOC[Si](C)(CCCS)OCCOCCOCCOCCOCCOCCCCCCCCCCCCC.CCCCCCCCCCCCCOCCOCCOCCOCCOCCO[Si](C)(C)CCCC. The van der Waals surface area contributed by atoms with Crippen molar-refractivity contribution < 1.29 is 84.9 Å². The fourth-order valence-electron chi connectivity index (χ4n) is 10.6. The highest BCUT2D eigenvalue weighted by Crippen LogP contribution is 2.19. The Morgan fingerprint density at radius 3 is 0.630 bits per heavy atom. The molecule has 1 atom stereocenters. The van der Waals surface area contributed by atoms with E-state index >= 15 is 0 Å². The van der Waals surface area contributed by atoms with Crippen molar-refractivity contribution in [2.24, 2.45) is 0 Å². The van der Waals surface area contributed by atoms with Crippen LogP contribution >= 0.6 is 12.6 Å². The fraction of sp³-hybridized carbons (Fsp3) is 0.937. The first-order chi connectivity index (χ1) is 49.3. The van der Waals surface area contributed by atoms with E-state index in [1.807, 2.05) is 33.9 Å². The molecule has 0 aliphatic heterocycles. The van der Waals surface area contributed by atoms with E-state index in [0.717, 1.165) is 63.5 Å². The van der Waals surface area contributed by atoms with E-state index in [-0.39, 0.29) is 0 Å². The van der Waals surface area contributed by atoms with Gasteiger partial charge < -0.3 is 84.9 Å².